The zero-order chi connectivity index (χ0) is 19.9. The van der Waals surface area contributed by atoms with Crippen LogP contribution in [-0.4, -0.2) is 47.5 Å². The minimum Gasteiger partial charge on any atom is -0.356 e. The number of guanidine groups is 1. The number of rotatable bonds is 7. The molecule has 2 heterocycles. The van der Waals surface area contributed by atoms with Crippen LogP contribution in [0.15, 0.2) is 53.5 Å². The van der Waals surface area contributed by atoms with E-state index in [1.54, 1.807) is 7.05 Å². The molecule has 30 heavy (non-hydrogen) atoms. The lowest BCUT2D eigenvalue weighted by atomic mass is 10.1. The largest absolute Gasteiger partial charge is 0.356 e. The van der Waals surface area contributed by atoms with Crippen LogP contribution in [0.3, 0.4) is 0 Å². The lowest BCUT2D eigenvalue weighted by Crippen LogP contribution is -2.37. The molecule has 0 unspecified atom stereocenters. The van der Waals surface area contributed by atoms with E-state index in [0.717, 1.165) is 48.9 Å². The molecule has 0 aliphatic carbocycles. The maximum Gasteiger partial charge on any atom is 0.191 e. The summed E-state index contributed by atoms with van der Waals surface area (Å²) in [6, 6.07) is 17.0. The van der Waals surface area contributed by atoms with Crippen LogP contribution < -0.4 is 10.6 Å². The topological polar surface area (TPSA) is 68.3 Å². The van der Waals surface area contributed by atoms with Gasteiger partial charge in [0.1, 0.15) is 5.82 Å². The second-order valence-corrected chi connectivity index (χ2v) is 7.60. The molecule has 160 valence electrons. The molecular weight excluding hydrogens is 487 g/mol. The van der Waals surface area contributed by atoms with Crippen molar-refractivity contribution in [3.8, 4) is 0 Å². The molecule has 0 bridgehead atoms. The predicted molar refractivity (Wildman–Crippen MR) is 134 cm³/mol. The van der Waals surface area contributed by atoms with Crippen molar-refractivity contribution in [2.45, 2.75) is 32.4 Å². The van der Waals surface area contributed by atoms with Crippen LogP contribution in [0.5, 0.6) is 0 Å². The number of hydrogen-bond donors (Lipinski definition) is 3. The third kappa shape index (κ3) is 6.18. The highest BCUT2D eigenvalue weighted by atomic mass is 127. The van der Waals surface area contributed by atoms with E-state index < -0.39 is 0 Å². The molecule has 4 rings (SSSR count). The molecule has 1 aliphatic heterocycles. The summed E-state index contributed by atoms with van der Waals surface area (Å²) in [6.45, 7) is 5.07. The highest BCUT2D eigenvalue weighted by Crippen LogP contribution is 2.13. The van der Waals surface area contributed by atoms with Gasteiger partial charge in [-0.15, -0.1) is 24.0 Å². The Morgan fingerprint density at radius 2 is 1.77 bits per heavy atom. The smallest absolute Gasteiger partial charge is 0.191 e. The first-order chi connectivity index (χ1) is 14.3. The number of aromatic amines is 1. The van der Waals surface area contributed by atoms with Crippen molar-refractivity contribution in [2.24, 2.45) is 4.99 Å². The van der Waals surface area contributed by atoms with Gasteiger partial charge in [-0.3, -0.25) is 9.89 Å². The van der Waals surface area contributed by atoms with Crippen molar-refractivity contribution >= 4 is 41.0 Å². The van der Waals surface area contributed by atoms with Crippen molar-refractivity contribution < 1.29 is 0 Å². The summed E-state index contributed by atoms with van der Waals surface area (Å²) in [4.78, 5) is 14.8. The van der Waals surface area contributed by atoms with E-state index in [2.05, 4.69) is 60.8 Å². The summed E-state index contributed by atoms with van der Waals surface area (Å²) in [5.74, 6) is 1.80. The first-order valence-electron chi connectivity index (χ1n) is 10.5. The number of hydrogen-bond acceptors (Lipinski definition) is 3. The maximum absolute atomic E-state index is 4.61. The molecule has 1 aliphatic rings. The molecule has 0 radical (unpaired) electrons. The van der Waals surface area contributed by atoms with Crippen LogP contribution in [0.1, 0.15) is 29.8 Å². The number of aromatic nitrogens is 2. The summed E-state index contributed by atoms with van der Waals surface area (Å²) in [6.07, 6.45) is 3.50. The Morgan fingerprint density at radius 1 is 1.03 bits per heavy atom. The first kappa shape index (κ1) is 22.6. The van der Waals surface area contributed by atoms with E-state index in [-0.39, 0.29) is 24.0 Å². The van der Waals surface area contributed by atoms with Gasteiger partial charge < -0.3 is 15.6 Å². The number of benzene rings is 2. The number of imidazole rings is 1. The van der Waals surface area contributed by atoms with Crippen molar-refractivity contribution in [1.82, 2.24) is 25.5 Å². The number of H-pyrrole nitrogens is 1. The zero-order valence-electron chi connectivity index (χ0n) is 17.5. The second kappa shape index (κ2) is 11.3. The normalized spacial score (nSPS) is 14.6. The summed E-state index contributed by atoms with van der Waals surface area (Å²) in [7, 11) is 1.80. The third-order valence-electron chi connectivity index (χ3n) is 5.40. The van der Waals surface area contributed by atoms with Crippen LogP contribution in [0.4, 0.5) is 0 Å². The van der Waals surface area contributed by atoms with E-state index in [1.165, 1.54) is 37.1 Å². The molecular formula is C23H31IN6. The molecule has 0 amide bonds. The Morgan fingerprint density at radius 3 is 2.50 bits per heavy atom. The standard InChI is InChI=1S/C23H30N6.HI/c1-24-23(25-13-12-22-27-20-6-2-3-7-21(20)28-22)26-16-18-8-10-19(11-9-18)17-29-14-4-5-15-29;/h2-3,6-11H,4-5,12-17H2,1H3,(H,27,28)(H2,24,25,26);1H. The molecule has 6 nitrogen and oxygen atoms in total. The van der Waals surface area contributed by atoms with Gasteiger partial charge in [-0.25, -0.2) is 4.98 Å². The molecule has 1 saturated heterocycles. The number of fused-ring (bicyclic) bond motifs is 1. The van der Waals surface area contributed by atoms with Gasteiger partial charge in [0.15, 0.2) is 5.96 Å². The fraction of sp³-hybridized carbons (Fsp3) is 0.391. The van der Waals surface area contributed by atoms with Gasteiger partial charge in [0.25, 0.3) is 0 Å². The number of likely N-dealkylation sites (tertiary alicyclic amines) is 1. The number of halogens is 1. The Balaban J connectivity index is 0.00000256. The molecule has 3 aromatic rings. The van der Waals surface area contributed by atoms with Gasteiger partial charge in [0.2, 0.25) is 0 Å². The van der Waals surface area contributed by atoms with Crippen molar-refractivity contribution in [1.29, 1.82) is 0 Å². The van der Waals surface area contributed by atoms with Crippen molar-refractivity contribution in [3.63, 3.8) is 0 Å². The monoisotopic (exact) mass is 518 g/mol. The van der Waals surface area contributed by atoms with Gasteiger partial charge in [0.05, 0.1) is 11.0 Å². The summed E-state index contributed by atoms with van der Waals surface area (Å²) in [5.41, 5.74) is 4.75. The van der Waals surface area contributed by atoms with Crippen molar-refractivity contribution in [2.75, 3.05) is 26.7 Å². The summed E-state index contributed by atoms with van der Waals surface area (Å²) in [5, 5.41) is 6.75. The average molecular weight is 518 g/mol. The molecule has 1 fully saturated rings. The Kier molecular flexibility index (Phi) is 8.50. The van der Waals surface area contributed by atoms with Gasteiger partial charge in [-0.2, -0.15) is 0 Å². The van der Waals surface area contributed by atoms with Gasteiger partial charge in [0, 0.05) is 33.1 Å². The number of nitrogens with one attached hydrogen (secondary N) is 3. The molecule has 0 spiro atoms. The van der Waals surface area contributed by atoms with Crippen LogP contribution in [0.25, 0.3) is 11.0 Å². The van der Waals surface area contributed by atoms with Gasteiger partial charge in [-0.05, 0) is 49.2 Å². The zero-order valence-corrected chi connectivity index (χ0v) is 19.9. The fourth-order valence-electron chi connectivity index (χ4n) is 3.79. The van der Waals surface area contributed by atoms with E-state index in [4.69, 9.17) is 0 Å². The lowest BCUT2D eigenvalue weighted by molar-refractivity contribution is 0.331. The van der Waals surface area contributed by atoms with E-state index in [9.17, 15) is 0 Å². The molecule has 3 N–H and O–H groups in total. The highest BCUT2D eigenvalue weighted by molar-refractivity contribution is 14.0. The highest BCUT2D eigenvalue weighted by Gasteiger charge is 2.11. The average Bonchev–Trinajstić information content (AvgIpc) is 3.41. The Labute approximate surface area is 195 Å². The fourth-order valence-corrected chi connectivity index (χ4v) is 3.79. The summed E-state index contributed by atoms with van der Waals surface area (Å²) < 4.78 is 0. The second-order valence-electron chi connectivity index (χ2n) is 7.60. The molecule has 1 aromatic heterocycles. The quantitative estimate of drug-likeness (QED) is 0.254. The SMILES string of the molecule is CN=C(NCCc1nc2ccccc2[nH]1)NCc1ccc(CN2CCCC2)cc1.I. The predicted octanol–water partition coefficient (Wildman–Crippen LogP) is 3.68. The number of para-hydroxylation sites is 2. The van der Waals surface area contributed by atoms with Gasteiger partial charge in [-0.1, -0.05) is 36.4 Å². The maximum atomic E-state index is 4.61. The summed E-state index contributed by atoms with van der Waals surface area (Å²) >= 11 is 0. The Hall–Kier alpha value is -2.13. The number of nitrogens with zero attached hydrogens (tertiary/aromatic N) is 3. The molecule has 0 atom stereocenters. The van der Waals surface area contributed by atoms with Gasteiger partial charge >= 0.3 is 0 Å². The minimum absolute atomic E-state index is 0. The van der Waals surface area contributed by atoms with E-state index >= 15 is 0 Å². The lowest BCUT2D eigenvalue weighted by Gasteiger charge is -2.15. The van der Waals surface area contributed by atoms with Crippen LogP contribution >= 0.6 is 24.0 Å². The van der Waals surface area contributed by atoms with Crippen LogP contribution in [0.2, 0.25) is 0 Å². The molecule has 7 heteroatoms. The van der Waals surface area contributed by atoms with Crippen LogP contribution in [-0.2, 0) is 19.5 Å². The minimum atomic E-state index is 0. The first-order valence-corrected chi connectivity index (χ1v) is 10.5. The Bertz CT molecular complexity index is 911. The number of aliphatic imine (C=N–C) groups is 1. The van der Waals surface area contributed by atoms with E-state index in [0.29, 0.717) is 0 Å². The van der Waals surface area contributed by atoms with Crippen LogP contribution in [0, 0.1) is 0 Å². The third-order valence-corrected chi connectivity index (χ3v) is 5.40. The molecule has 0 saturated carbocycles. The van der Waals surface area contributed by atoms with E-state index in [1.807, 2.05) is 18.2 Å². The van der Waals surface area contributed by atoms with Crippen molar-refractivity contribution in [3.05, 3.63) is 65.5 Å². The molecule has 2 aromatic carbocycles.